The van der Waals surface area contributed by atoms with Crippen molar-refractivity contribution < 1.29 is 4.74 Å². The monoisotopic (exact) mass is 229 g/mol. The molecule has 4 heteroatoms. The topological polar surface area (TPSA) is 61.0 Å². The third-order valence-corrected chi connectivity index (χ3v) is 2.46. The van der Waals surface area contributed by atoms with E-state index in [1.54, 1.807) is 18.6 Å². The Labute approximate surface area is 100 Å². The lowest BCUT2D eigenvalue weighted by Crippen LogP contribution is -2.15. The standard InChI is InChI=1S/C13H15N3O/c1-2-17-12-6-4-3-5-10(12)13(14)11-9-15-7-8-16-11/h3-9,13H,2,14H2,1H3. The summed E-state index contributed by atoms with van der Waals surface area (Å²) in [5, 5.41) is 0. The lowest BCUT2D eigenvalue weighted by Gasteiger charge is -2.15. The van der Waals surface area contributed by atoms with E-state index in [1.807, 2.05) is 31.2 Å². The van der Waals surface area contributed by atoms with Gasteiger partial charge in [0.1, 0.15) is 5.75 Å². The van der Waals surface area contributed by atoms with Gasteiger partial charge in [-0.05, 0) is 13.0 Å². The molecule has 1 aromatic carbocycles. The minimum Gasteiger partial charge on any atom is -0.494 e. The largest absolute Gasteiger partial charge is 0.494 e. The first-order valence-corrected chi connectivity index (χ1v) is 5.56. The molecule has 1 heterocycles. The molecule has 2 rings (SSSR count). The minimum absolute atomic E-state index is 0.313. The molecule has 17 heavy (non-hydrogen) atoms. The fourth-order valence-corrected chi connectivity index (χ4v) is 1.65. The van der Waals surface area contributed by atoms with E-state index in [4.69, 9.17) is 10.5 Å². The normalized spacial score (nSPS) is 12.1. The fourth-order valence-electron chi connectivity index (χ4n) is 1.65. The first kappa shape index (κ1) is 11.5. The summed E-state index contributed by atoms with van der Waals surface area (Å²) >= 11 is 0. The van der Waals surface area contributed by atoms with Crippen molar-refractivity contribution in [1.29, 1.82) is 0 Å². The molecule has 0 aliphatic carbocycles. The number of hydrogen-bond acceptors (Lipinski definition) is 4. The molecule has 2 aromatic rings. The quantitative estimate of drug-likeness (QED) is 0.870. The lowest BCUT2D eigenvalue weighted by atomic mass is 10.0. The number of benzene rings is 1. The Hall–Kier alpha value is -1.94. The summed E-state index contributed by atoms with van der Waals surface area (Å²) in [5.74, 6) is 0.799. The number of hydrogen-bond donors (Lipinski definition) is 1. The third-order valence-electron chi connectivity index (χ3n) is 2.46. The van der Waals surface area contributed by atoms with Crippen molar-refractivity contribution in [3.8, 4) is 5.75 Å². The Morgan fingerprint density at radius 2 is 2.12 bits per heavy atom. The van der Waals surface area contributed by atoms with Crippen LogP contribution in [0.1, 0.15) is 24.2 Å². The van der Waals surface area contributed by atoms with Gasteiger partial charge in [-0.2, -0.15) is 0 Å². The molecule has 0 aliphatic rings. The van der Waals surface area contributed by atoms with Crippen LogP contribution in [0, 0.1) is 0 Å². The van der Waals surface area contributed by atoms with Gasteiger partial charge < -0.3 is 10.5 Å². The second-order valence-corrected chi connectivity index (χ2v) is 3.58. The molecule has 0 saturated heterocycles. The molecule has 0 bridgehead atoms. The van der Waals surface area contributed by atoms with Crippen LogP contribution in [-0.2, 0) is 0 Å². The first-order valence-electron chi connectivity index (χ1n) is 5.56. The number of nitrogens with zero attached hydrogens (tertiary/aromatic N) is 2. The smallest absolute Gasteiger partial charge is 0.124 e. The zero-order chi connectivity index (χ0) is 12.1. The number of aromatic nitrogens is 2. The van der Waals surface area contributed by atoms with Gasteiger partial charge in [0.25, 0.3) is 0 Å². The van der Waals surface area contributed by atoms with Gasteiger partial charge in [-0.15, -0.1) is 0 Å². The van der Waals surface area contributed by atoms with E-state index >= 15 is 0 Å². The molecule has 0 radical (unpaired) electrons. The Balaban J connectivity index is 2.33. The molecule has 0 fully saturated rings. The van der Waals surface area contributed by atoms with Gasteiger partial charge in [0.15, 0.2) is 0 Å². The fraction of sp³-hybridized carbons (Fsp3) is 0.231. The van der Waals surface area contributed by atoms with Crippen LogP contribution in [0.25, 0.3) is 0 Å². The highest BCUT2D eigenvalue weighted by atomic mass is 16.5. The van der Waals surface area contributed by atoms with Crippen LogP contribution < -0.4 is 10.5 Å². The van der Waals surface area contributed by atoms with Crippen LogP contribution >= 0.6 is 0 Å². The molecular weight excluding hydrogens is 214 g/mol. The van der Waals surface area contributed by atoms with Crippen LogP contribution in [0.15, 0.2) is 42.9 Å². The van der Waals surface area contributed by atoms with Crippen molar-refractivity contribution in [3.05, 3.63) is 54.1 Å². The van der Waals surface area contributed by atoms with Gasteiger partial charge in [-0.3, -0.25) is 9.97 Å². The van der Waals surface area contributed by atoms with Crippen LogP contribution in [0.3, 0.4) is 0 Å². The number of rotatable bonds is 4. The number of ether oxygens (including phenoxy) is 1. The van der Waals surface area contributed by atoms with Gasteiger partial charge in [0, 0.05) is 18.0 Å². The van der Waals surface area contributed by atoms with Crippen molar-refractivity contribution >= 4 is 0 Å². The van der Waals surface area contributed by atoms with Crippen molar-refractivity contribution in [2.75, 3.05) is 6.61 Å². The van der Waals surface area contributed by atoms with Crippen LogP contribution in [0.2, 0.25) is 0 Å². The maximum atomic E-state index is 6.16. The highest BCUT2D eigenvalue weighted by molar-refractivity contribution is 5.39. The van der Waals surface area contributed by atoms with Crippen molar-refractivity contribution in [2.24, 2.45) is 5.73 Å². The second kappa shape index (κ2) is 5.41. The average Bonchev–Trinajstić information content (AvgIpc) is 2.40. The van der Waals surface area contributed by atoms with Gasteiger partial charge in [-0.25, -0.2) is 0 Å². The lowest BCUT2D eigenvalue weighted by molar-refractivity contribution is 0.335. The Morgan fingerprint density at radius 1 is 1.29 bits per heavy atom. The Bertz CT molecular complexity index is 473. The molecule has 4 nitrogen and oxygen atoms in total. The minimum atomic E-state index is -0.313. The van der Waals surface area contributed by atoms with E-state index in [9.17, 15) is 0 Å². The van der Waals surface area contributed by atoms with Gasteiger partial charge in [0.2, 0.25) is 0 Å². The van der Waals surface area contributed by atoms with Crippen LogP contribution in [0.5, 0.6) is 5.75 Å². The summed E-state index contributed by atoms with van der Waals surface area (Å²) in [7, 11) is 0. The molecule has 1 aromatic heterocycles. The molecule has 0 spiro atoms. The number of nitrogens with two attached hydrogens (primary N) is 1. The summed E-state index contributed by atoms with van der Waals surface area (Å²) in [5.41, 5.74) is 7.83. The SMILES string of the molecule is CCOc1ccccc1C(N)c1cnccn1. The second-order valence-electron chi connectivity index (χ2n) is 3.58. The molecule has 88 valence electrons. The molecule has 0 aliphatic heterocycles. The Morgan fingerprint density at radius 3 is 2.82 bits per heavy atom. The zero-order valence-corrected chi connectivity index (χ0v) is 9.71. The van der Waals surface area contributed by atoms with Crippen molar-refractivity contribution in [1.82, 2.24) is 9.97 Å². The van der Waals surface area contributed by atoms with E-state index in [0.29, 0.717) is 6.61 Å². The van der Waals surface area contributed by atoms with E-state index in [1.165, 1.54) is 0 Å². The average molecular weight is 229 g/mol. The van der Waals surface area contributed by atoms with Crippen molar-refractivity contribution in [2.45, 2.75) is 13.0 Å². The maximum Gasteiger partial charge on any atom is 0.124 e. The Kier molecular flexibility index (Phi) is 3.67. The predicted molar refractivity (Wildman–Crippen MR) is 65.7 cm³/mol. The first-order chi connectivity index (χ1) is 8.33. The summed E-state index contributed by atoms with van der Waals surface area (Å²) < 4.78 is 5.55. The van der Waals surface area contributed by atoms with Crippen LogP contribution in [-0.4, -0.2) is 16.6 Å². The summed E-state index contributed by atoms with van der Waals surface area (Å²) in [6, 6.07) is 7.41. The van der Waals surface area contributed by atoms with E-state index in [-0.39, 0.29) is 6.04 Å². The van der Waals surface area contributed by atoms with Crippen molar-refractivity contribution in [3.63, 3.8) is 0 Å². The summed E-state index contributed by atoms with van der Waals surface area (Å²) in [4.78, 5) is 8.24. The zero-order valence-electron chi connectivity index (χ0n) is 9.71. The molecule has 2 N–H and O–H groups in total. The van der Waals surface area contributed by atoms with E-state index in [0.717, 1.165) is 17.0 Å². The van der Waals surface area contributed by atoms with Gasteiger partial charge in [-0.1, -0.05) is 18.2 Å². The number of para-hydroxylation sites is 1. The third kappa shape index (κ3) is 2.60. The van der Waals surface area contributed by atoms with Gasteiger partial charge in [0.05, 0.1) is 24.5 Å². The molecule has 1 unspecified atom stereocenters. The van der Waals surface area contributed by atoms with Crippen LogP contribution in [0.4, 0.5) is 0 Å². The molecular formula is C13H15N3O. The molecule has 0 saturated carbocycles. The van der Waals surface area contributed by atoms with E-state index < -0.39 is 0 Å². The summed E-state index contributed by atoms with van der Waals surface area (Å²) in [6.07, 6.45) is 4.94. The van der Waals surface area contributed by atoms with Gasteiger partial charge >= 0.3 is 0 Å². The molecule has 0 amide bonds. The highest BCUT2D eigenvalue weighted by Crippen LogP contribution is 2.26. The summed E-state index contributed by atoms with van der Waals surface area (Å²) in [6.45, 7) is 2.56. The highest BCUT2D eigenvalue weighted by Gasteiger charge is 2.14. The predicted octanol–water partition coefficient (Wildman–Crippen LogP) is 1.92. The molecule has 1 atom stereocenters. The van der Waals surface area contributed by atoms with E-state index in [2.05, 4.69) is 9.97 Å². The maximum absolute atomic E-state index is 6.16.